The fourth-order valence-corrected chi connectivity index (χ4v) is 5.11. The lowest BCUT2D eigenvalue weighted by Gasteiger charge is -2.32. The van der Waals surface area contributed by atoms with E-state index in [4.69, 9.17) is 5.73 Å². The first-order chi connectivity index (χ1) is 12.8. The molecule has 1 heterocycles. The first kappa shape index (κ1) is 20.3. The van der Waals surface area contributed by atoms with Crippen LogP contribution in [0.25, 0.3) is 0 Å². The molecule has 3 rings (SSSR count). The summed E-state index contributed by atoms with van der Waals surface area (Å²) in [5, 5.41) is 21.8. The third kappa shape index (κ3) is 3.91. The van der Waals surface area contributed by atoms with Crippen LogP contribution in [0.5, 0.6) is 0 Å². The summed E-state index contributed by atoms with van der Waals surface area (Å²) in [6.07, 6.45) is 4.70. The second kappa shape index (κ2) is 8.28. The van der Waals surface area contributed by atoms with Crippen molar-refractivity contribution in [1.29, 1.82) is 0 Å². The van der Waals surface area contributed by atoms with Crippen LogP contribution in [0.3, 0.4) is 0 Å². The summed E-state index contributed by atoms with van der Waals surface area (Å²) >= 11 is 0. The average molecular weight is 379 g/mol. The van der Waals surface area contributed by atoms with Gasteiger partial charge in [-0.25, -0.2) is 0 Å². The van der Waals surface area contributed by atoms with Gasteiger partial charge in [0.05, 0.1) is 12.0 Å². The summed E-state index contributed by atoms with van der Waals surface area (Å²) in [7, 11) is -1.58. The largest absolute Gasteiger partial charge is 0.475 e. The van der Waals surface area contributed by atoms with E-state index in [1.165, 1.54) is 4.90 Å². The van der Waals surface area contributed by atoms with Gasteiger partial charge in [-0.05, 0) is 50.9 Å². The lowest BCUT2D eigenvalue weighted by molar-refractivity contribution is -0.140. The van der Waals surface area contributed by atoms with Crippen LogP contribution in [0, 0.1) is 17.8 Å². The van der Waals surface area contributed by atoms with E-state index in [0.717, 1.165) is 12.8 Å². The first-order valence-electron chi connectivity index (χ1n) is 10.1. The van der Waals surface area contributed by atoms with E-state index in [0.29, 0.717) is 38.6 Å². The smallest absolute Gasteiger partial charge is 0.426 e. The first-order valence-corrected chi connectivity index (χ1v) is 10.1. The number of nitrogens with one attached hydrogen (secondary N) is 1. The van der Waals surface area contributed by atoms with Crippen molar-refractivity contribution in [2.45, 2.75) is 69.9 Å². The predicted molar refractivity (Wildman–Crippen MR) is 99.1 cm³/mol. The number of carbonyl (C=O) groups is 3. The zero-order chi connectivity index (χ0) is 19.7. The molecule has 2 unspecified atom stereocenters. The second-order valence-corrected chi connectivity index (χ2v) is 8.18. The number of nitrogens with two attached hydrogens (primary N) is 1. The van der Waals surface area contributed by atoms with E-state index in [1.54, 1.807) is 0 Å². The molecule has 9 heteroatoms. The minimum atomic E-state index is -1.58. The van der Waals surface area contributed by atoms with Gasteiger partial charge >= 0.3 is 7.12 Å². The molecule has 3 fully saturated rings. The molecule has 2 amide bonds. The monoisotopic (exact) mass is 379 g/mol. The Bertz CT molecular complexity index is 602. The van der Waals surface area contributed by atoms with Crippen LogP contribution in [0.4, 0.5) is 0 Å². The molecule has 2 saturated carbocycles. The van der Waals surface area contributed by atoms with E-state index in [1.807, 2.05) is 6.92 Å². The number of amides is 2. The molecule has 0 radical (unpaired) electrons. The number of likely N-dealkylation sites (tertiary alicyclic amines) is 1. The van der Waals surface area contributed by atoms with E-state index in [2.05, 4.69) is 5.32 Å². The number of nitrogens with zero attached hydrogens (tertiary/aromatic N) is 1. The van der Waals surface area contributed by atoms with Crippen LogP contribution < -0.4 is 11.1 Å². The highest BCUT2D eigenvalue weighted by molar-refractivity contribution is 6.43. The lowest BCUT2D eigenvalue weighted by Crippen LogP contribution is -2.55. The van der Waals surface area contributed by atoms with Crippen molar-refractivity contribution in [2.75, 3.05) is 6.54 Å². The fraction of sp³-hybridized carbons (Fsp3) is 0.833. The number of rotatable bonds is 5. The summed E-state index contributed by atoms with van der Waals surface area (Å²) in [4.78, 5) is 39.7. The molecule has 0 aromatic rings. The predicted octanol–water partition coefficient (Wildman–Crippen LogP) is -0.783. The fourth-order valence-electron chi connectivity index (χ4n) is 5.11. The van der Waals surface area contributed by atoms with Gasteiger partial charge in [-0.3, -0.25) is 14.4 Å². The topological polar surface area (TPSA) is 133 Å². The summed E-state index contributed by atoms with van der Waals surface area (Å²) in [5.41, 5.74) is 5.91. The van der Waals surface area contributed by atoms with Crippen LogP contribution in [-0.4, -0.2) is 64.2 Å². The maximum atomic E-state index is 12.9. The van der Waals surface area contributed by atoms with Gasteiger partial charge in [-0.15, -0.1) is 0 Å². The molecule has 1 saturated heterocycles. The Morgan fingerprint density at radius 1 is 1.26 bits per heavy atom. The molecule has 0 spiro atoms. The maximum absolute atomic E-state index is 12.9. The third-order valence-corrected chi connectivity index (χ3v) is 6.62. The van der Waals surface area contributed by atoms with E-state index in [-0.39, 0.29) is 29.4 Å². The third-order valence-electron chi connectivity index (χ3n) is 6.62. The quantitative estimate of drug-likeness (QED) is 0.463. The average Bonchev–Trinajstić information content (AvgIpc) is 3.29. The van der Waals surface area contributed by atoms with Gasteiger partial charge in [0.15, 0.2) is 5.78 Å². The highest BCUT2D eigenvalue weighted by Gasteiger charge is 2.48. The van der Waals surface area contributed by atoms with Crippen LogP contribution in [0.15, 0.2) is 0 Å². The van der Waals surface area contributed by atoms with Gasteiger partial charge in [0.2, 0.25) is 11.8 Å². The molecule has 3 aliphatic rings. The molecule has 150 valence electrons. The van der Waals surface area contributed by atoms with Crippen LogP contribution in [0.1, 0.15) is 51.9 Å². The van der Waals surface area contributed by atoms with E-state index >= 15 is 0 Å². The van der Waals surface area contributed by atoms with Crippen LogP contribution >= 0.6 is 0 Å². The summed E-state index contributed by atoms with van der Waals surface area (Å²) in [5.74, 6) is -1.73. The molecule has 1 aliphatic heterocycles. The highest BCUT2D eigenvalue weighted by atomic mass is 16.4. The van der Waals surface area contributed by atoms with Gasteiger partial charge < -0.3 is 26.0 Å². The minimum absolute atomic E-state index is 0.0220. The second-order valence-electron chi connectivity index (χ2n) is 8.18. The van der Waals surface area contributed by atoms with Crippen molar-refractivity contribution in [2.24, 2.45) is 23.5 Å². The Labute approximate surface area is 160 Å². The Kier molecular flexibility index (Phi) is 6.23. The van der Waals surface area contributed by atoms with E-state index < -0.39 is 31.1 Å². The van der Waals surface area contributed by atoms with Crippen molar-refractivity contribution in [3.8, 4) is 0 Å². The van der Waals surface area contributed by atoms with Crippen LogP contribution in [0.2, 0.25) is 0 Å². The standard InChI is InChI=1S/C18H30BN3O5/c1-2-13(18(25)22-9-3-4-14(22)19(26)27)21-17(24)11-7-5-10-6-8-12(20)16(23)15(10)11/h10-15,26-27H,2-9,20H2,1H3,(H,21,24)/t10?,11-,12+,13+,14+,15?/m1/s1. The van der Waals surface area contributed by atoms with Crippen molar-refractivity contribution in [3.05, 3.63) is 0 Å². The van der Waals surface area contributed by atoms with Gasteiger partial charge in [-0.1, -0.05) is 6.92 Å². The van der Waals surface area contributed by atoms with Gasteiger partial charge in [0, 0.05) is 18.4 Å². The Morgan fingerprint density at radius 2 is 1.96 bits per heavy atom. The summed E-state index contributed by atoms with van der Waals surface area (Å²) in [6, 6.07) is -1.21. The maximum Gasteiger partial charge on any atom is 0.475 e. The number of ketones is 1. The van der Waals surface area contributed by atoms with Gasteiger partial charge in [0.1, 0.15) is 6.04 Å². The molecule has 0 aromatic heterocycles. The van der Waals surface area contributed by atoms with E-state index in [9.17, 15) is 24.4 Å². The number of Topliss-reactive ketones (excluding diaryl/α,β-unsaturated/α-hetero) is 1. The molecular weight excluding hydrogens is 349 g/mol. The lowest BCUT2D eigenvalue weighted by atomic mass is 9.74. The number of carbonyl (C=O) groups excluding carboxylic acids is 3. The summed E-state index contributed by atoms with van der Waals surface area (Å²) < 4.78 is 0. The Morgan fingerprint density at radius 3 is 2.63 bits per heavy atom. The molecule has 8 nitrogen and oxygen atoms in total. The zero-order valence-electron chi connectivity index (χ0n) is 15.8. The Balaban J connectivity index is 1.66. The molecule has 2 aliphatic carbocycles. The normalized spacial score (nSPS) is 34.3. The molecular formula is C18H30BN3O5. The molecule has 0 aromatic carbocycles. The van der Waals surface area contributed by atoms with Crippen molar-refractivity contribution in [3.63, 3.8) is 0 Å². The van der Waals surface area contributed by atoms with Gasteiger partial charge in [0.25, 0.3) is 0 Å². The Hall–Kier alpha value is -1.45. The summed E-state index contributed by atoms with van der Waals surface area (Å²) in [6.45, 7) is 2.26. The van der Waals surface area contributed by atoms with Crippen molar-refractivity contribution < 1.29 is 24.4 Å². The number of hydrogen-bond acceptors (Lipinski definition) is 6. The zero-order valence-corrected chi connectivity index (χ0v) is 15.8. The van der Waals surface area contributed by atoms with Crippen molar-refractivity contribution >= 4 is 24.7 Å². The minimum Gasteiger partial charge on any atom is -0.426 e. The molecule has 5 N–H and O–H groups in total. The number of fused-ring (bicyclic) bond motifs is 1. The van der Waals surface area contributed by atoms with Crippen LogP contribution in [-0.2, 0) is 14.4 Å². The molecule has 27 heavy (non-hydrogen) atoms. The molecule has 6 atom stereocenters. The van der Waals surface area contributed by atoms with Crippen molar-refractivity contribution in [1.82, 2.24) is 10.2 Å². The molecule has 0 bridgehead atoms. The number of hydrogen-bond donors (Lipinski definition) is 4. The SMILES string of the molecule is CC[C@H](NC(=O)[C@@H]1CCC2CC[C@H](N)C(=O)C21)C(=O)N1CCC[C@H]1B(O)O. The van der Waals surface area contributed by atoms with Gasteiger partial charge in [-0.2, -0.15) is 0 Å². The highest BCUT2D eigenvalue weighted by Crippen LogP contribution is 2.44.